The number of nitrogens with two attached hydrogens (primary N) is 1. The van der Waals surface area contributed by atoms with Crippen molar-refractivity contribution in [1.82, 2.24) is 9.78 Å². The van der Waals surface area contributed by atoms with E-state index in [1.54, 1.807) is 13.1 Å². The van der Waals surface area contributed by atoms with Crippen LogP contribution in [0.5, 0.6) is 0 Å². The molecule has 0 aliphatic rings. The SMILES string of the molecule is Cn1nc(F)c2cc(CN)ccc21. The fourth-order valence-electron chi connectivity index (χ4n) is 1.40. The number of nitrogens with zero attached hydrogens (tertiary/aromatic N) is 2. The predicted molar refractivity (Wildman–Crippen MR) is 48.6 cm³/mol. The summed E-state index contributed by atoms with van der Waals surface area (Å²) in [4.78, 5) is 0. The van der Waals surface area contributed by atoms with Crippen molar-refractivity contribution < 1.29 is 4.39 Å². The zero-order chi connectivity index (χ0) is 9.42. The topological polar surface area (TPSA) is 43.8 Å². The van der Waals surface area contributed by atoms with Gasteiger partial charge in [-0.2, -0.15) is 4.39 Å². The highest BCUT2D eigenvalue weighted by atomic mass is 19.1. The number of rotatable bonds is 1. The fraction of sp³-hybridized carbons (Fsp3) is 0.222. The summed E-state index contributed by atoms with van der Waals surface area (Å²) in [6.45, 7) is 0.421. The average Bonchev–Trinajstić information content (AvgIpc) is 2.42. The molecule has 13 heavy (non-hydrogen) atoms. The smallest absolute Gasteiger partial charge is 0.240 e. The minimum Gasteiger partial charge on any atom is -0.326 e. The van der Waals surface area contributed by atoms with Crippen LogP contribution in [-0.4, -0.2) is 9.78 Å². The van der Waals surface area contributed by atoms with Gasteiger partial charge in [-0.15, -0.1) is 5.10 Å². The summed E-state index contributed by atoms with van der Waals surface area (Å²) in [5, 5.41) is 4.21. The molecule has 2 N–H and O–H groups in total. The van der Waals surface area contributed by atoms with Gasteiger partial charge in [0.1, 0.15) is 0 Å². The third-order valence-corrected chi connectivity index (χ3v) is 2.11. The Labute approximate surface area is 75.0 Å². The number of halogens is 1. The molecular weight excluding hydrogens is 169 g/mol. The molecule has 0 radical (unpaired) electrons. The third kappa shape index (κ3) is 1.19. The van der Waals surface area contributed by atoms with Crippen molar-refractivity contribution in [3.63, 3.8) is 0 Å². The summed E-state index contributed by atoms with van der Waals surface area (Å²) >= 11 is 0. The molecule has 0 saturated heterocycles. The van der Waals surface area contributed by atoms with E-state index in [-0.39, 0.29) is 0 Å². The van der Waals surface area contributed by atoms with Gasteiger partial charge in [-0.3, -0.25) is 4.68 Å². The van der Waals surface area contributed by atoms with Gasteiger partial charge < -0.3 is 5.73 Å². The van der Waals surface area contributed by atoms with E-state index in [1.165, 1.54) is 4.68 Å². The molecule has 0 saturated carbocycles. The molecule has 68 valence electrons. The van der Waals surface area contributed by atoms with Crippen LogP contribution in [0.3, 0.4) is 0 Å². The number of aromatic nitrogens is 2. The van der Waals surface area contributed by atoms with Crippen molar-refractivity contribution >= 4 is 10.9 Å². The molecule has 0 spiro atoms. The van der Waals surface area contributed by atoms with E-state index in [4.69, 9.17) is 5.73 Å². The van der Waals surface area contributed by atoms with Gasteiger partial charge in [-0.1, -0.05) is 6.07 Å². The minimum absolute atomic E-state index is 0.421. The molecule has 1 heterocycles. The second kappa shape index (κ2) is 2.81. The Morgan fingerprint density at radius 2 is 2.31 bits per heavy atom. The summed E-state index contributed by atoms with van der Waals surface area (Å²) in [6, 6.07) is 5.44. The van der Waals surface area contributed by atoms with E-state index < -0.39 is 5.95 Å². The quantitative estimate of drug-likeness (QED) is 0.714. The first-order valence-corrected chi connectivity index (χ1v) is 4.03. The third-order valence-electron chi connectivity index (χ3n) is 2.11. The summed E-state index contributed by atoms with van der Waals surface area (Å²) in [5.74, 6) is -0.437. The molecule has 3 nitrogen and oxygen atoms in total. The summed E-state index contributed by atoms with van der Waals surface area (Å²) in [5.41, 5.74) is 7.15. The van der Waals surface area contributed by atoms with Gasteiger partial charge in [0.05, 0.1) is 10.9 Å². The van der Waals surface area contributed by atoms with Crippen molar-refractivity contribution in [3.05, 3.63) is 29.7 Å². The van der Waals surface area contributed by atoms with Crippen LogP contribution in [0.15, 0.2) is 18.2 Å². The van der Waals surface area contributed by atoms with E-state index in [2.05, 4.69) is 5.10 Å². The molecule has 0 aliphatic heterocycles. The molecule has 0 atom stereocenters. The molecule has 0 aliphatic carbocycles. The van der Waals surface area contributed by atoms with Crippen LogP contribution in [0.2, 0.25) is 0 Å². The number of aryl methyl sites for hydroxylation is 1. The summed E-state index contributed by atoms with van der Waals surface area (Å²) in [6.07, 6.45) is 0. The molecule has 0 unspecified atom stereocenters. The van der Waals surface area contributed by atoms with Gasteiger partial charge in [0.15, 0.2) is 0 Å². The minimum atomic E-state index is -0.437. The van der Waals surface area contributed by atoms with E-state index in [0.717, 1.165) is 11.1 Å². The average molecular weight is 179 g/mol. The maximum absolute atomic E-state index is 13.2. The highest BCUT2D eigenvalue weighted by molar-refractivity contribution is 5.79. The van der Waals surface area contributed by atoms with Gasteiger partial charge >= 0.3 is 0 Å². The fourth-order valence-corrected chi connectivity index (χ4v) is 1.40. The molecule has 0 fully saturated rings. The second-order valence-electron chi connectivity index (χ2n) is 2.97. The second-order valence-corrected chi connectivity index (χ2v) is 2.97. The lowest BCUT2D eigenvalue weighted by atomic mass is 10.1. The van der Waals surface area contributed by atoms with Crippen molar-refractivity contribution in [2.75, 3.05) is 0 Å². The Morgan fingerprint density at radius 3 is 3.00 bits per heavy atom. The van der Waals surface area contributed by atoms with E-state index in [1.807, 2.05) is 12.1 Å². The first-order valence-electron chi connectivity index (χ1n) is 4.03. The zero-order valence-corrected chi connectivity index (χ0v) is 7.29. The Balaban J connectivity index is 2.76. The van der Waals surface area contributed by atoms with Crippen molar-refractivity contribution in [2.24, 2.45) is 12.8 Å². The Hall–Kier alpha value is -1.42. The number of fused-ring (bicyclic) bond motifs is 1. The van der Waals surface area contributed by atoms with Crippen molar-refractivity contribution in [3.8, 4) is 0 Å². The lowest BCUT2D eigenvalue weighted by Gasteiger charge is -1.96. The highest BCUT2D eigenvalue weighted by Crippen LogP contribution is 2.17. The van der Waals surface area contributed by atoms with E-state index >= 15 is 0 Å². The molecule has 0 amide bonds. The lowest BCUT2D eigenvalue weighted by Crippen LogP contribution is -1.95. The Bertz CT molecular complexity index is 447. The van der Waals surface area contributed by atoms with Crippen LogP contribution in [-0.2, 0) is 13.6 Å². The normalized spacial score (nSPS) is 11.0. The monoisotopic (exact) mass is 179 g/mol. The zero-order valence-electron chi connectivity index (χ0n) is 7.29. The molecule has 4 heteroatoms. The van der Waals surface area contributed by atoms with Crippen LogP contribution in [0.1, 0.15) is 5.56 Å². The van der Waals surface area contributed by atoms with E-state index in [0.29, 0.717) is 11.9 Å². The van der Waals surface area contributed by atoms with Crippen LogP contribution in [0, 0.1) is 5.95 Å². The van der Waals surface area contributed by atoms with Gasteiger partial charge in [-0.05, 0) is 17.7 Å². The Kier molecular flexibility index (Phi) is 1.77. The van der Waals surface area contributed by atoms with Crippen molar-refractivity contribution in [1.29, 1.82) is 0 Å². The highest BCUT2D eigenvalue weighted by Gasteiger charge is 2.07. The van der Waals surface area contributed by atoms with Gasteiger partial charge in [0.2, 0.25) is 5.95 Å². The molecule has 1 aromatic heterocycles. The first kappa shape index (κ1) is 8.19. The van der Waals surface area contributed by atoms with Crippen LogP contribution in [0.4, 0.5) is 4.39 Å². The number of hydrogen-bond donors (Lipinski definition) is 1. The molecule has 1 aromatic carbocycles. The van der Waals surface area contributed by atoms with Gasteiger partial charge in [0, 0.05) is 13.6 Å². The molecular formula is C9H10FN3. The van der Waals surface area contributed by atoms with E-state index in [9.17, 15) is 4.39 Å². The van der Waals surface area contributed by atoms with Crippen LogP contribution in [0.25, 0.3) is 10.9 Å². The van der Waals surface area contributed by atoms with Crippen LogP contribution < -0.4 is 5.73 Å². The standard InChI is InChI=1S/C9H10FN3/c1-13-8-3-2-6(5-11)4-7(8)9(10)12-13/h2-4H,5,11H2,1H3. The maximum atomic E-state index is 13.2. The van der Waals surface area contributed by atoms with Gasteiger partial charge in [0.25, 0.3) is 0 Å². The van der Waals surface area contributed by atoms with Gasteiger partial charge in [-0.25, -0.2) is 0 Å². The molecule has 0 bridgehead atoms. The lowest BCUT2D eigenvalue weighted by molar-refractivity contribution is 0.562. The first-order chi connectivity index (χ1) is 6.22. The Morgan fingerprint density at radius 1 is 1.54 bits per heavy atom. The largest absolute Gasteiger partial charge is 0.326 e. The summed E-state index contributed by atoms with van der Waals surface area (Å²) < 4.78 is 14.7. The molecule has 2 aromatic rings. The predicted octanol–water partition coefficient (Wildman–Crippen LogP) is 1.17. The summed E-state index contributed by atoms with van der Waals surface area (Å²) in [7, 11) is 1.72. The van der Waals surface area contributed by atoms with Crippen LogP contribution >= 0.6 is 0 Å². The van der Waals surface area contributed by atoms with Crippen molar-refractivity contribution in [2.45, 2.75) is 6.54 Å². The molecule has 2 rings (SSSR count). The maximum Gasteiger partial charge on any atom is 0.240 e. The number of hydrogen-bond acceptors (Lipinski definition) is 2. The number of benzene rings is 1.